The highest BCUT2D eigenvalue weighted by molar-refractivity contribution is 6.42. The number of halogens is 3. The molecule has 0 aliphatic carbocycles. The van der Waals surface area contributed by atoms with Gasteiger partial charge in [-0.15, -0.1) is 0 Å². The molecule has 0 saturated carbocycles. The molecule has 0 saturated heterocycles. The summed E-state index contributed by atoms with van der Waals surface area (Å²) in [5.74, 6) is 0.949. The summed E-state index contributed by atoms with van der Waals surface area (Å²) in [6, 6.07) is 17.1. The Morgan fingerprint density at radius 2 is 1.72 bits per heavy atom. The number of Topliss-reactive ketones (excluding diaryl/α,β-unsaturated/α-hetero) is 1. The zero-order valence-electron chi connectivity index (χ0n) is 15.8. The van der Waals surface area contributed by atoms with Gasteiger partial charge in [0.15, 0.2) is 11.6 Å². The molecule has 0 aromatic heterocycles. The maximum Gasteiger partial charge on any atom is 0.165 e. The number of ether oxygens (including phenoxy) is 2. The van der Waals surface area contributed by atoms with Gasteiger partial charge in [-0.05, 0) is 60.9 Å². The fraction of sp³-hybridized carbons (Fsp3) is 0.174. The molecule has 0 unspecified atom stereocenters. The van der Waals surface area contributed by atoms with Crippen molar-refractivity contribution < 1.29 is 18.7 Å². The number of benzene rings is 3. The molecular formula is C23H19Cl2FO3. The summed E-state index contributed by atoms with van der Waals surface area (Å²) < 4.78 is 25.7. The van der Waals surface area contributed by atoms with Gasteiger partial charge in [-0.25, -0.2) is 4.39 Å². The minimum atomic E-state index is -0.450. The molecule has 29 heavy (non-hydrogen) atoms. The first-order chi connectivity index (χ1) is 13.9. The predicted molar refractivity (Wildman–Crippen MR) is 113 cm³/mol. The lowest BCUT2D eigenvalue weighted by molar-refractivity contribution is -0.116. The first-order valence-corrected chi connectivity index (χ1v) is 9.79. The molecule has 0 bridgehead atoms. The first-order valence-electron chi connectivity index (χ1n) is 9.03. The third kappa shape index (κ3) is 6.21. The molecule has 0 atom stereocenters. The number of rotatable bonds is 8. The summed E-state index contributed by atoms with van der Waals surface area (Å²) in [6.45, 7) is 1.70. The topological polar surface area (TPSA) is 35.5 Å². The number of hydrogen-bond acceptors (Lipinski definition) is 3. The molecule has 3 aromatic carbocycles. The summed E-state index contributed by atoms with van der Waals surface area (Å²) in [5, 5.41) is 0.862. The van der Waals surface area contributed by atoms with E-state index < -0.39 is 5.82 Å². The van der Waals surface area contributed by atoms with Gasteiger partial charge in [0.05, 0.1) is 10.0 Å². The quantitative estimate of drug-likeness (QED) is 0.383. The first kappa shape index (κ1) is 21.2. The van der Waals surface area contributed by atoms with Crippen molar-refractivity contribution in [2.45, 2.75) is 26.4 Å². The second-order valence-electron chi connectivity index (χ2n) is 6.58. The average Bonchev–Trinajstić information content (AvgIpc) is 2.69. The van der Waals surface area contributed by atoms with Crippen LogP contribution in [0, 0.1) is 5.82 Å². The van der Waals surface area contributed by atoms with Gasteiger partial charge in [0.2, 0.25) is 0 Å². The normalized spacial score (nSPS) is 10.6. The van der Waals surface area contributed by atoms with Crippen molar-refractivity contribution in [1.82, 2.24) is 0 Å². The van der Waals surface area contributed by atoms with E-state index in [1.807, 2.05) is 18.2 Å². The van der Waals surface area contributed by atoms with Crippen molar-refractivity contribution in [3.05, 3.63) is 87.7 Å². The Kier molecular flexibility index (Phi) is 7.13. The SMILES string of the molecule is CC(=O)CCc1ccc(OCc2cccc(Oc3ccc(Cl)c(Cl)c3)c2)c(F)c1. The molecule has 150 valence electrons. The Labute approximate surface area is 179 Å². The maximum absolute atomic E-state index is 14.3. The molecule has 0 radical (unpaired) electrons. The zero-order valence-corrected chi connectivity index (χ0v) is 17.3. The molecule has 3 aromatic rings. The molecule has 3 nitrogen and oxygen atoms in total. The highest BCUT2D eigenvalue weighted by Gasteiger charge is 2.08. The average molecular weight is 433 g/mol. The van der Waals surface area contributed by atoms with E-state index in [1.165, 1.54) is 13.0 Å². The van der Waals surface area contributed by atoms with Crippen LogP contribution in [0.5, 0.6) is 17.2 Å². The Balaban J connectivity index is 1.63. The number of ketones is 1. The van der Waals surface area contributed by atoms with Crippen molar-refractivity contribution in [2.75, 3.05) is 0 Å². The van der Waals surface area contributed by atoms with Crippen LogP contribution in [0.25, 0.3) is 0 Å². The zero-order chi connectivity index (χ0) is 20.8. The Morgan fingerprint density at radius 1 is 0.931 bits per heavy atom. The lowest BCUT2D eigenvalue weighted by Gasteiger charge is -2.11. The Hall–Kier alpha value is -2.56. The van der Waals surface area contributed by atoms with Crippen molar-refractivity contribution >= 4 is 29.0 Å². The second-order valence-corrected chi connectivity index (χ2v) is 7.40. The Morgan fingerprint density at radius 3 is 2.45 bits per heavy atom. The molecular weight excluding hydrogens is 414 g/mol. The van der Waals surface area contributed by atoms with Crippen molar-refractivity contribution in [3.63, 3.8) is 0 Å². The second kappa shape index (κ2) is 9.77. The van der Waals surface area contributed by atoms with Gasteiger partial charge in [0, 0.05) is 12.5 Å². The van der Waals surface area contributed by atoms with Crippen molar-refractivity contribution in [3.8, 4) is 17.2 Å². The van der Waals surface area contributed by atoms with Crippen LogP contribution in [0.3, 0.4) is 0 Å². The highest BCUT2D eigenvalue weighted by atomic mass is 35.5. The van der Waals surface area contributed by atoms with Gasteiger partial charge in [0.25, 0.3) is 0 Å². The molecule has 0 amide bonds. The smallest absolute Gasteiger partial charge is 0.165 e. The minimum Gasteiger partial charge on any atom is -0.486 e. The van der Waals surface area contributed by atoms with Crippen LogP contribution < -0.4 is 9.47 Å². The van der Waals surface area contributed by atoms with Crippen LogP contribution in [0.2, 0.25) is 10.0 Å². The monoisotopic (exact) mass is 432 g/mol. The standard InChI is InChI=1S/C23H19Cl2FO3/c1-15(27)5-6-16-7-10-23(22(26)12-16)28-14-17-3-2-4-18(11-17)29-19-8-9-20(24)21(25)13-19/h2-4,7-13H,5-6,14H2,1H3. The number of hydrogen-bond donors (Lipinski definition) is 0. The van der Waals surface area contributed by atoms with E-state index in [2.05, 4.69) is 0 Å². The number of carbonyl (C=O) groups is 1. The van der Waals surface area contributed by atoms with Crippen LogP contribution >= 0.6 is 23.2 Å². The molecule has 6 heteroatoms. The number of aryl methyl sites for hydroxylation is 1. The maximum atomic E-state index is 14.3. The lowest BCUT2D eigenvalue weighted by atomic mass is 10.1. The minimum absolute atomic E-state index is 0.0775. The van der Waals surface area contributed by atoms with Gasteiger partial charge in [0.1, 0.15) is 23.9 Å². The van der Waals surface area contributed by atoms with E-state index in [9.17, 15) is 9.18 Å². The summed E-state index contributed by atoms with van der Waals surface area (Å²) in [4.78, 5) is 11.1. The third-order valence-corrected chi connectivity index (χ3v) is 4.92. The molecule has 0 aliphatic heterocycles. The molecule has 0 heterocycles. The van der Waals surface area contributed by atoms with Crippen molar-refractivity contribution in [2.24, 2.45) is 0 Å². The number of carbonyl (C=O) groups excluding carboxylic acids is 1. The van der Waals surface area contributed by atoms with Gasteiger partial charge in [-0.3, -0.25) is 0 Å². The van der Waals surface area contributed by atoms with Gasteiger partial charge < -0.3 is 14.3 Å². The van der Waals surface area contributed by atoms with Crippen LogP contribution in [-0.2, 0) is 17.8 Å². The van der Waals surface area contributed by atoms with Gasteiger partial charge >= 0.3 is 0 Å². The Bertz CT molecular complexity index is 1020. The summed E-state index contributed by atoms with van der Waals surface area (Å²) >= 11 is 11.9. The summed E-state index contributed by atoms with van der Waals surface area (Å²) in [7, 11) is 0. The van der Waals surface area contributed by atoms with E-state index in [-0.39, 0.29) is 18.1 Å². The largest absolute Gasteiger partial charge is 0.486 e. The molecule has 0 N–H and O–H groups in total. The molecule has 0 aliphatic rings. The van der Waals surface area contributed by atoms with E-state index in [4.69, 9.17) is 32.7 Å². The highest BCUT2D eigenvalue weighted by Crippen LogP contribution is 2.30. The van der Waals surface area contributed by atoms with Crippen LogP contribution in [0.1, 0.15) is 24.5 Å². The van der Waals surface area contributed by atoms with Crippen LogP contribution in [0.4, 0.5) is 4.39 Å². The predicted octanol–water partition coefficient (Wildman–Crippen LogP) is 7.03. The summed E-state index contributed by atoms with van der Waals surface area (Å²) in [6.07, 6.45) is 0.909. The van der Waals surface area contributed by atoms with E-state index in [1.54, 1.807) is 36.4 Å². The third-order valence-electron chi connectivity index (χ3n) is 4.18. The fourth-order valence-electron chi connectivity index (χ4n) is 2.67. The van der Waals surface area contributed by atoms with Crippen molar-refractivity contribution in [1.29, 1.82) is 0 Å². The molecule has 3 rings (SSSR count). The van der Waals surface area contributed by atoms with E-state index >= 15 is 0 Å². The van der Waals surface area contributed by atoms with E-state index in [0.717, 1.165) is 11.1 Å². The van der Waals surface area contributed by atoms with Crippen LogP contribution in [-0.4, -0.2) is 5.78 Å². The lowest BCUT2D eigenvalue weighted by Crippen LogP contribution is -1.99. The fourth-order valence-corrected chi connectivity index (χ4v) is 2.96. The van der Waals surface area contributed by atoms with E-state index in [0.29, 0.717) is 34.4 Å². The van der Waals surface area contributed by atoms with Gasteiger partial charge in [-0.2, -0.15) is 0 Å². The summed E-state index contributed by atoms with van der Waals surface area (Å²) in [5.41, 5.74) is 1.59. The molecule has 0 fully saturated rings. The molecule has 0 spiro atoms. The van der Waals surface area contributed by atoms with Crippen LogP contribution in [0.15, 0.2) is 60.7 Å². The van der Waals surface area contributed by atoms with Gasteiger partial charge in [-0.1, -0.05) is 41.4 Å².